The highest BCUT2D eigenvalue weighted by atomic mass is 16.5. The lowest BCUT2D eigenvalue weighted by Crippen LogP contribution is -2.54. The molecule has 5 nitrogen and oxygen atoms in total. The second-order valence-electron chi connectivity index (χ2n) is 4.13. The maximum atomic E-state index is 12.1. The van der Waals surface area contributed by atoms with Gasteiger partial charge in [0.2, 0.25) is 5.91 Å². The van der Waals surface area contributed by atoms with E-state index < -0.39 is 0 Å². The van der Waals surface area contributed by atoms with Gasteiger partial charge in [-0.25, -0.2) is 0 Å². The topological polar surface area (TPSA) is 62.4 Å². The molecule has 1 atom stereocenters. The summed E-state index contributed by atoms with van der Waals surface area (Å²) in [6.07, 6.45) is 0. The molecule has 0 aromatic heterocycles. The number of nitrogens with one attached hydrogen (secondary N) is 3. The van der Waals surface area contributed by atoms with E-state index in [1.165, 1.54) is 0 Å². The molecule has 1 aliphatic heterocycles. The van der Waals surface area contributed by atoms with Crippen molar-refractivity contribution in [3.05, 3.63) is 24.3 Å². The second-order valence-corrected chi connectivity index (χ2v) is 4.13. The third-order valence-corrected chi connectivity index (χ3v) is 2.80. The van der Waals surface area contributed by atoms with Crippen LogP contribution in [-0.2, 0) is 4.79 Å². The van der Waals surface area contributed by atoms with Gasteiger partial charge in [-0.2, -0.15) is 0 Å². The molecule has 0 bridgehead atoms. The molecule has 1 unspecified atom stereocenters. The van der Waals surface area contributed by atoms with Gasteiger partial charge in [-0.05, 0) is 19.1 Å². The highest BCUT2D eigenvalue weighted by Crippen LogP contribution is 2.23. The SMILES string of the molecule is CCOc1ccccc1NC(=O)C1CNCCN1. The van der Waals surface area contributed by atoms with E-state index in [0.29, 0.717) is 18.9 Å². The van der Waals surface area contributed by atoms with E-state index in [1.54, 1.807) is 0 Å². The Hall–Kier alpha value is -1.59. The Balaban J connectivity index is 2.01. The molecular weight excluding hydrogens is 230 g/mol. The number of piperazine rings is 1. The van der Waals surface area contributed by atoms with Gasteiger partial charge < -0.3 is 20.7 Å². The van der Waals surface area contributed by atoms with Gasteiger partial charge in [-0.15, -0.1) is 0 Å². The third kappa shape index (κ3) is 3.21. The molecule has 1 heterocycles. The summed E-state index contributed by atoms with van der Waals surface area (Å²) in [5.74, 6) is 0.673. The molecular formula is C13H19N3O2. The van der Waals surface area contributed by atoms with Crippen LogP contribution in [0.4, 0.5) is 5.69 Å². The molecule has 0 radical (unpaired) electrons. The van der Waals surface area contributed by atoms with Gasteiger partial charge >= 0.3 is 0 Å². The van der Waals surface area contributed by atoms with Crippen molar-refractivity contribution in [3.63, 3.8) is 0 Å². The summed E-state index contributed by atoms with van der Waals surface area (Å²) in [6.45, 7) is 4.87. The Bertz CT molecular complexity index is 403. The van der Waals surface area contributed by atoms with Crippen LogP contribution in [0.3, 0.4) is 0 Å². The summed E-state index contributed by atoms with van der Waals surface area (Å²) in [5.41, 5.74) is 0.719. The first-order valence-corrected chi connectivity index (χ1v) is 6.28. The molecule has 1 aliphatic rings. The average Bonchev–Trinajstić information content (AvgIpc) is 2.42. The zero-order valence-corrected chi connectivity index (χ0v) is 10.5. The minimum absolute atomic E-state index is 0.0330. The van der Waals surface area contributed by atoms with Crippen molar-refractivity contribution < 1.29 is 9.53 Å². The Kier molecular flexibility index (Phi) is 4.55. The maximum Gasteiger partial charge on any atom is 0.242 e. The minimum Gasteiger partial charge on any atom is -0.492 e. The van der Waals surface area contributed by atoms with Crippen LogP contribution in [-0.4, -0.2) is 38.2 Å². The fourth-order valence-corrected chi connectivity index (χ4v) is 1.91. The van der Waals surface area contributed by atoms with Crippen molar-refractivity contribution >= 4 is 11.6 Å². The molecule has 1 saturated heterocycles. The summed E-state index contributed by atoms with van der Waals surface area (Å²) in [6, 6.07) is 7.28. The van der Waals surface area contributed by atoms with Gasteiger partial charge in [-0.1, -0.05) is 12.1 Å². The van der Waals surface area contributed by atoms with E-state index in [1.807, 2.05) is 31.2 Å². The average molecular weight is 249 g/mol. The predicted molar refractivity (Wildman–Crippen MR) is 70.9 cm³/mol. The molecule has 0 saturated carbocycles. The zero-order valence-electron chi connectivity index (χ0n) is 10.5. The van der Waals surface area contributed by atoms with E-state index >= 15 is 0 Å². The largest absolute Gasteiger partial charge is 0.492 e. The molecule has 2 rings (SSSR count). The highest BCUT2D eigenvalue weighted by Gasteiger charge is 2.20. The van der Waals surface area contributed by atoms with Gasteiger partial charge in [0.1, 0.15) is 5.75 Å². The van der Waals surface area contributed by atoms with Crippen LogP contribution in [0.5, 0.6) is 5.75 Å². The van der Waals surface area contributed by atoms with Gasteiger partial charge in [0.25, 0.3) is 0 Å². The fraction of sp³-hybridized carbons (Fsp3) is 0.462. The number of hydrogen-bond donors (Lipinski definition) is 3. The van der Waals surface area contributed by atoms with Crippen LogP contribution >= 0.6 is 0 Å². The van der Waals surface area contributed by atoms with Crippen molar-refractivity contribution in [1.82, 2.24) is 10.6 Å². The lowest BCUT2D eigenvalue weighted by Gasteiger charge is -2.24. The van der Waals surface area contributed by atoms with Crippen LogP contribution in [0.15, 0.2) is 24.3 Å². The van der Waals surface area contributed by atoms with Gasteiger partial charge in [0.05, 0.1) is 18.3 Å². The molecule has 1 aromatic rings. The van der Waals surface area contributed by atoms with Crippen molar-refractivity contribution in [3.8, 4) is 5.75 Å². The maximum absolute atomic E-state index is 12.1. The third-order valence-electron chi connectivity index (χ3n) is 2.80. The van der Waals surface area contributed by atoms with Crippen molar-refractivity contribution in [1.29, 1.82) is 0 Å². The molecule has 1 amide bonds. The number of carbonyl (C=O) groups is 1. The quantitative estimate of drug-likeness (QED) is 0.730. The summed E-state index contributed by atoms with van der Waals surface area (Å²) in [4.78, 5) is 12.1. The number of para-hydroxylation sites is 2. The smallest absolute Gasteiger partial charge is 0.242 e. The lowest BCUT2D eigenvalue weighted by molar-refractivity contribution is -0.118. The van der Waals surface area contributed by atoms with Gasteiger partial charge in [0, 0.05) is 19.6 Å². The zero-order chi connectivity index (χ0) is 12.8. The molecule has 1 aromatic carbocycles. The summed E-state index contributed by atoms with van der Waals surface area (Å²) < 4.78 is 5.47. The second kappa shape index (κ2) is 6.37. The molecule has 18 heavy (non-hydrogen) atoms. The summed E-state index contributed by atoms with van der Waals surface area (Å²) in [7, 11) is 0. The van der Waals surface area contributed by atoms with Gasteiger partial charge in [-0.3, -0.25) is 4.79 Å². The Morgan fingerprint density at radius 3 is 3.00 bits per heavy atom. The number of carbonyl (C=O) groups excluding carboxylic acids is 1. The summed E-state index contributed by atoms with van der Waals surface area (Å²) in [5, 5.41) is 9.26. The first-order valence-electron chi connectivity index (χ1n) is 6.28. The van der Waals surface area contributed by atoms with Crippen LogP contribution in [0.2, 0.25) is 0 Å². The number of ether oxygens (including phenoxy) is 1. The normalized spacial score (nSPS) is 19.3. The number of benzene rings is 1. The Morgan fingerprint density at radius 1 is 1.44 bits per heavy atom. The first-order chi connectivity index (χ1) is 8.81. The van der Waals surface area contributed by atoms with Crippen molar-refractivity contribution in [2.24, 2.45) is 0 Å². The van der Waals surface area contributed by atoms with E-state index in [2.05, 4.69) is 16.0 Å². The predicted octanol–water partition coefficient (Wildman–Crippen LogP) is 0.585. The standard InChI is InChI=1S/C13H19N3O2/c1-2-18-12-6-4-3-5-10(12)16-13(17)11-9-14-7-8-15-11/h3-6,11,14-15H,2,7-9H2,1H3,(H,16,17). The molecule has 0 aliphatic carbocycles. The molecule has 98 valence electrons. The Labute approximate surface area is 107 Å². The van der Waals surface area contributed by atoms with Crippen LogP contribution in [0, 0.1) is 0 Å². The molecule has 5 heteroatoms. The van der Waals surface area contributed by atoms with E-state index in [9.17, 15) is 4.79 Å². The van der Waals surface area contributed by atoms with Gasteiger partial charge in [0.15, 0.2) is 0 Å². The van der Waals surface area contributed by atoms with E-state index in [4.69, 9.17) is 4.74 Å². The fourth-order valence-electron chi connectivity index (χ4n) is 1.91. The van der Waals surface area contributed by atoms with Crippen LogP contribution in [0.25, 0.3) is 0 Å². The monoisotopic (exact) mass is 249 g/mol. The lowest BCUT2D eigenvalue weighted by atomic mass is 10.2. The first kappa shape index (κ1) is 12.9. The van der Waals surface area contributed by atoms with Crippen molar-refractivity contribution in [2.75, 3.05) is 31.6 Å². The Morgan fingerprint density at radius 2 is 2.28 bits per heavy atom. The molecule has 0 spiro atoms. The van der Waals surface area contributed by atoms with Crippen molar-refractivity contribution in [2.45, 2.75) is 13.0 Å². The number of hydrogen-bond acceptors (Lipinski definition) is 4. The van der Waals surface area contributed by atoms with Crippen LogP contribution < -0.4 is 20.7 Å². The minimum atomic E-state index is -0.187. The number of anilines is 1. The molecule has 1 fully saturated rings. The van der Waals surface area contributed by atoms with E-state index in [-0.39, 0.29) is 11.9 Å². The summed E-state index contributed by atoms with van der Waals surface area (Å²) >= 11 is 0. The van der Waals surface area contributed by atoms with E-state index in [0.717, 1.165) is 18.8 Å². The van der Waals surface area contributed by atoms with Crippen LogP contribution in [0.1, 0.15) is 6.92 Å². The highest BCUT2D eigenvalue weighted by molar-refractivity contribution is 5.96. The number of rotatable bonds is 4. The molecule has 3 N–H and O–H groups in total. The number of amides is 1.